The highest BCUT2D eigenvalue weighted by molar-refractivity contribution is 5.72. The molecule has 3 aromatic carbocycles. The molecule has 5 rings (SSSR count). The number of aromatic nitrogens is 4. The fourth-order valence-corrected chi connectivity index (χ4v) is 4.62. The minimum Gasteiger partial charge on any atom is -0.381 e. The molecule has 0 N–H and O–H groups in total. The van der Waals surface area contributed by atoms with Crippen LogP contribution in [0.1, 0.15) is 11.1 Å². The molecule has 6 nitrogen and oxygen atoms in total. The van der Waals surface area contributed by atoms with Crippen LogP contribution in [0.15, 0.2) is 85.5 Å². The Kier molecular flexibility index (Phi) is 6.70. The second-order valence-corrected chi connectivity index (χ2v) is 8.65. The van der Waals surface area contributed by atoms with Gasteiger partial charge in [0.15, 0.2) is 22.1 Å². The molecule has 6 heteroatoms. The van der Waals surface area contributed by atoms with Crippen molar-refractivity contribution in [1.82, 2.24) is 9.13 Å². The number of fused-ring (bicyclic) bond motifs is 2. The molecule has 0 saturated heterocycles. The maximum Gasteiger partial charge on any atom is 0.245 e. The SMILES string of the molecule is COCCn1c[n+](Cc2ccc(C[n+]3cn(CCOC)c4ccccc43)cc2)c2ccccc21. The van der Waals surface area contributed by atoms with Crippen LogP contribution in [0, 0.1) is 0 Å². The van der Waals surface area contributed by atoms with Crippen molar-refractivity contribution >= 4 is 22.1 Å². The van der Waals surface area contributed by atoms with E-state index < -0.39 is 0 Å². The van der Waals surface area contributed by atoms with Gasteiger partial charge in [-0.05, 0) is 35.4 Å². The smallest absolute Gasteiger partial charge is 0.245 e. The van der Waals surface area contributed by atoms with E-state index in [2.05, 4.69) is 104 Å². The summed E-state index contributed by atoms with van der Waals surface area (Å²) in [5.41, 5.74) is 7.52. The van der Waals surface area contributed by atoms with Crippen molar-refractivity contribution in [3.63, 3.8) is 0 Å². The van der Waals surface area contributed by atoms with Gasteiger partial charge in [0.1, 0.15) is 26.2 Å². The summed E-state index contributed by atoms with van der Waals surface area (Å²) in [4.78, 5) is 0. The topological polar surface area (TPSA) is 36.1 Å². The lowest BCUT2D eigenvalue weighted by atomic mass is 10.1. The normalized spacial score (nSPS) is 11.6. The number of hydrogen-bond donors (Lipinski definition) is 0. The predicted molar refractivity (Wildman–Crippen MR) is 133 cm³/mol. The molecule has 0 aliphatic rings. The van der Waals surface area contributed by atoms with Gasteiger partial charge >= 0.3 is 0 Å². The third-order valence-electron chi connectivity index (χ3n) is 6.36. The van der Waals surface area contributed by atoms with Gasteiger partial charge in [-0.25, -0.2) is 18.3 Å². The summed E-state index contributed by atoms with van der Waals surface area (Å²) in [7, 11) is 3.49. The number of para-hydroxylation sites is 4. The van der Waals surface area contributed by atoms with Crippen LogP contribution in [0.4, 0.5) is 0 Å². The molecule has 0 spiro atoms. The van der Waals surface area contributed by atoms with Crippen LogP contribution in [0.3, 0.4) is 0 Å². The van der Waals surface area contributed by atoms with E-state index in [1.165, 1.54) is 33.2 Å². The number of nitrogens with zero attached hydrogens (tertiary/aromatic N) is 4. The first-order chi connectivity index (χ1) is 16.8. The zero-order chi connectivity index (χ0) is 23.3. The molecule has 2 heterocycles. The first-order valence-corrected chi connectivity index (χ1v) is 11.8. The molecule has 0 unspecified atom stereocenters. The van der Waals surface area contributed by atoms with Crippen LogP contribution in [0.2, 0.25) is 0 Å². The van der Waals surface area contributed by atoms with Crippen molar-refractivity contribution < 1.29 is 18.6 Å². The number of ether oxygens (including phenoxy) is 2. The Labute approximate surface area is 200 Å². The van der Waals surface area contributed by atoms with Crippen LogP contribution < -0.4 is 9.13 Å². The molecule has 34 heavy (non-hydrogen) atoms. The summed E-state index contributed by atoms with van der Waals surface area (Å²) in [6, 6.07) is 26.1. The first-order valence-electron chi connectivity index (χ1n) is 11.8. The Morgan fingerprint density at radius 2 is 1.00 bits per heavy atom. The Balaban J connectivity index is 1.35. The Hall–Kier alpha value is -3.48. The maximum atomic E-state index is 5.29. The van der Waals surface area contributed by atoms with Gasteiger partial charge in [0.25, 0.3) is 0 Å². The lowest BCUT2D eigenvalue weighted by Gasteiger charge is -2.03. The van der Waals surface area contributed by atoms with Gasteiger partial charge in [0.2, 0.25) is 12.7 Å². The van der Waals surface area contributed by atoms with Crippen molar-refractivity contribution in [2.75, 3.05) is 27.4 Å². The van der Waals surface area contributed by atoms with Gasteiger partial charge in [-0.2, -0.15) is 0 Å². The Morgan fingerprint density at radius 1 is 0.588 bits per heavy atom. The molecule has 0 aliphatic heterocycles. The van der Waals surface area contributed by atoms with E-state index in [4.69, 9.17) is 9.47 Å². The van der Waals surface area contributed by atoms with Crippen LogP contribution in [0.5, 0.6) is 0 Å². The van der Waals surface area contributed by atoms with Crippen LogP contribution in [-0.2, 0) is 35.7 Å². The molecule has 174 valence electrons. The summed E-state index contributed by atoms with van der Waals surface area (Å²) < 4.78 is 19.8. The van der Waals surface area contributed by atoms with Gasteiger partial charge in [0, 0.05) is 14.2 Å². The minimum atomic E-state index is 0.701. The summed E-state index contributed by atoms with van der Waals surface area (Å²) in [5, 5.41) is 0. The monoisotopic (exact) mass is 456 g/mol. The molecule has 0 saturated carbocycles. The number of methoxy groups -OCH3 is 2. The molecule has 2 aromatic heterocycles. The zero-order valence-electron chi connectivity index (χ0n) is 19.9. The van der Waals surface area contributed by atoms with E-state index in [1.807, 2.05) is 0 Å². The van der Waals surface area contributed by atoms with Crippen molar-refractivity contribution in [2.45, 2.75) is 26.2 Å². The second kappa shape index (κ2) is 10.2. The van der Waals surface area contributed by atoms with Crippen LogP contribution in [-0.4, -0.2) is 36.6 Å². The average Bonchev–Trinajstić information content (AvgIpc) is 3.41. The second-order valence-electron chi connectivity index (χ2n) is 8.65. The number of rotatable bonds is 10. The molecule has 0 amide bonds. The first kappa shape index (κ1) is 22.3. The maximum absolute atomic E-state index is 5.29. The van der Waals surface area contributed by atoms with Gasteiger partial charge in [-0.1, -0.05) is 48.5 Å². The molecule has 0 atom stereocenters. The van der Waals surface area contributed by atoms with Crippen molar-refractivity contribution in [3.8, 4) is 0 Å². The van der Waals surface area contributed by atoms with Gasteiger partial charge in [-0.15, -0.1) is 0 Å². The quantitative estimate of drug-likeness (QED) is 0.301. The highest BCUT2D eigenvalue weighted by Crippen LogP contribution is 2.14. The van der Waals surface area contributed by atoms with Gasteiger partial charge in [0.05, 0.1) is 13.2 Å². The molecule has 0 bridgehead atoms. The van der Waals surface area contributed by atoms with Crippen molar-refractivity contribution in [1.29, 1.82) is 0 Å². The largest absolute Gasteiger partial charge is 0.381 e. The third-order valence-corrected chi connectivity index (χ3v) is 6.36. The zero-order valence-corrected chi connectivity index (χ0v) is 19.9. The molecule has 0 fully saturated rings. The fraction of sp³-hybridized carbons (Fsp3) is 0.286. The summed E-state index contributed by atoms with van der Waals surface area (Å²) >= 11 is 0. The summed E-state index contributed by atoms with van der Waals surface area (Å²) in [5.74, 6) is 0. The average molecular weight is 457 g/mol. The molecular formula is C28H32N4O2+2. The van der Waals surface area contributed by atoms with E-state index in [9.17, 15) is 0 Å². The molecule has 5 aromatic rings. The highest BCUT2D eigenvalue weighted by atomic mass is 16.5. The number of hydrogen-bond acceptors (Lipinski definition) is 2. The number of imidazole rings is 2. The highest BCUT2D eigenvalue weighted by Gasteiger charge is 2.17. The third kappa shape index (κ3) is 4.60. The molecule has 0 aliphatic carbocycles. The molecule has 0 radical (unpaired) electrons. The van der Waals surface area contributed by atoms with Crippen molar-refractivity contribution in [2.24, 2.45) is 0 Å². The standard InChI is InChI=1S/C28H32N4O2/c1-33-17-15-29-21-31(27-9-5-3-7-25(27)29)19-23-11-13-24(14-12-23)20-32-22-30(16-18-34-2)26-8-4-6-10-28(26)32/h3-14,21-22H,15-20H2,1-2H3/q+2. The van der Waals surface area contributed by atoms with E-state index in [0.717, 1.165) is 26.2 Å². The van der Waals surface area contributed by atoms with Crippen LogP contribution >= 0.6 is 0 Å². The van der Waals surface area contributed by atoms with Gasteiger partial charge < -0.3 is 9.47 Å². The van der Waals surface area contributed by atoms with Crippen molar-refractivity contribution in [3.05, 3.63) is 96.6 Å². The van der Waals surface area contributed by atoms with E-state index in [1.54, 1.807) is 14.2 Å². The van der Waals surface area contributed by atoms with E-state index in [-0.39, 0.29) is 0 Å². The minimum absolute atomic E-state index is 0.701. The Bertz CT molecular complexity index is 1280. The molecular weight excluding hydrogens is 424 g/mol. The van der Waals surface area contributed by atoms with E-state index in [0.29, 0.717) is 13.2 Å². The van der Waals surface area contributed by atoms with Crippen LogP contribution in [0.25, 0.3) is 22.1 Å². The lowest BCUT2D eigenvalue weighted by Crippen LogP contribution is -2.33. The number of benzene rings is 3. The lowest BCUT2D eigenvalue weighted by molar-refractivity contribution is -0.663. The summed E-state index contributed by atoms with van der Waals surface area (Å²) in [6.07, 6.45) is 4.39. The fourth-order valence-electron chi connectivity index (χ4n) is 4.62. The predicted octanol–water partition coefficient (Wildman–Crippen LogP) is 3.56. The van der Waals surface area contributed by atoms with E-state index >= 15 is 0 Å². The Morgan fingerprint density at radius 3 is 1.41 bits per heavy atom. The van der Waals surface area contributed by atoms with Gasteiger partial charge in [-0.3, -0.25) is 0 Å². The summed E-state index contributed by atoms with van der Waals surface area (Å²) in [6.45, 7) is 4.77.